The lowest BCUT2D eigenvalue weighted by atomic mass is 9.95. The van der Waals surface area contributed by atoms with Gasteiger partial charge in [0.25, 0.3) is 5.91 Å². The first kappa shape index (κ1) is 22.2. The highest BCUT2D eigenvalue weighted by molar-refractivity contribution is 7.99. The van der Waals surface area contributed by atoms with Gasteiger partial charge in [0.15, 0.2) is 0 Å². The van der Waals surface area contributed by atoms with E-state index in [9.17, 15) is 22.8 Å². The van der Waals surface area contributed by atoms with Gasteiger partial charge < -0.3 is 10.2 Å². The summed E-state index contributed by atoms with van der Waals surface area (Å²) in [5.74, 6) is -1.57. The molecule has 1 saturated heterocycles. The normalized spacial score (nSPS) is 15.1. The third-order valence-corrected chi connectivity index (χ3v) is 6.20. The van der Waals surface area contributed by atoms with Crippen molar-refractivity contribution in [3.05, 3.63) is 59.7 Å². The molecule has 160 valence electrons. The second-order valence-corrected chi connectivity index (χ2v) is 8.29. The maximum Gasteiger partial charge on any atom is 0.398 e. The first-order valence-electron chi connectivity index (χ1n) is 9.69. The predicted molar refractivity (Wildman–Crippen MR) is 112 cm³/mol. The Morgan fingerprint density at radius 3 is 2.37 bits per heavy atom. The molecule has 1 aliphatic heterocycles. The molecule has 1 heterocycles. The molecule has 0 unspecified atom stereocenters. The fraction of sp³-hybridized carbons (Fsp3) is 0.364. The van der Waals surface area contributed by atoms with Crippen LogP contribution in [0.1, 0.15) is 28.8 Å². The van der Waals surface area contributed by atoms with Gasteiger partial charge in [-0.25, -0.2) is 0 Å². The van der Waals surface area contributed by atoms with Gasteiger partial charge in [-0.05, 0) is 43.5 Å². The minimum atomic E-state index is -4.28. The number of aryl methyl sites for hydroxylation is 1. The molecule has 3 rings (SSSR count). The largest absolute Gasteiger partial charge is 0.398 e. The van der Waals surface area contributed by atoms with E-state index in [1.807, 2.05) is 25.1 Å². The number of alkyl halides is 3. The van der Waals surface area contributed by atoms with Crippen LogP contribution in [-0.4, -0.2) is 41.7 Å². The van der Waals surface area contributed by atoms with Crippen LogP contribution in [0.4, 0.5) is 18.9 Å². The summed E-state index contributed by atoms with van der Waals surface area (Å²) in [6.07, 6.45) is -3.25. The molecule has 0 bridgehead atoms. The van der Waals surface area contributed by atoms with Gasteiger partial charge in [0.2, 0.25) is 5.91 Å². The summed E-state index contributed by atoms with van der Waals surface area (Å²) in [7, 11) is 0. The number of piperidine rings is 1. The van der Waals surface area contributed by atoms with Gasteiger partial charge in [0, 0.05) is 29.5 Å². The van der Waals surface area contributed by atoms with Crippen LogP contribution in [-0.2, 0) is 4.79 Å². The van der Waals surface area contributed by atoms with E-state index in [2.05, 4.69) is 5.32 Å². The number of carbonyl (C=O) groups excluding carboxylic acids is 2. The Hall–Kier alpha value is -2.48. The number of anilines is 1. The Morgan fingerprint density at radius 1 is 1.07 bits per heavy atom. The van der Waals surface area contributed by atoms with E-state index in [0.717, 1.165) is 5.56 Å². The Kier molecular flexibility index (Phi) is 7.07. The fourth-order valence-corrected chi connectivity index (χ4v) is 4.19. The van der Waals surface area contributed by atoms with Crippen molar-refractivity contribution in [3.8, 4) is 0 Å². The molecular formula is C22H23F3N2O2S. The van der Waals surface area contributed by atoms with E-state index >= 15 is 0 Å². The zero-order valence-corrected chi connectivity index (χ0v) is 17.4. The lowest BCUT2D eigenvalue weighted by molar-refractivity contribution is -0.121. The van der Waals surface area contributed by atoms with Gasteiger partial charge in [-0.1, -0.05) is 30.3 Å². The molecule has 2 aromatic carbocycles. The standard InChI is InChI=1S/C22H23F3N2O2S/c1-15-6-2-3-7-17(15)21(29)27-12-10-16(11-13-27)20(28)26-18-8-4-5-9-19(18)30-14-22(23,24)25/h2-9,16H,10-14H2,1H3,(H,26,28). The van der Waals surface area contributed by atoms with Crippen molar-refractivity contribution in [1.82, 2.24) is 4.90 Å². The van der Waals surface area contributed by atoms with Crippen LogP contribution < -0.4 is 5.32 Å². The highest BCUT2D eigenvalue weighted by atomic mass is 32.2. The third-order valence-electron chi connectivity index (χ3n) is 5.06. The molecule has 2 amide bonds. The molecule has 0 saturated carbocycles. The molecule has 8 heteroatoms. The Morgan fingerprint density at radius 2 is 1.70 bits per heavy atom. The molecule has 0 aliphatic carbocycles. The Bertz CT molecular complexity index is 909. The van der Waals surface area contributed by atoms with Crippen molar-refractivity contribution in [2.45, 2.75) is 30.8 Å². The second-order valence-electron chi connectivity index (χ2n) is 7.27. The molecule has 4 nitrogen and oxygen atoms in total. The van der Waals surface area contributed by atoms with Crippen LogP contribution in [0, 0.1) is 12.8 Å². The smallest absolute Gasteiger partial charge is 0.339 e. The molecule has 30 heavy (non-hydrogen) atoms. The highest BCUT2D eigenvalue weighted by Crippen LogP contribution is 2.32. The maximum atomic E-state index is 12.7. The van der Waals surface area contributed by atoms with Crippen molar-refractivity contribution >= 4 is 29.3 Å². The third kappa shape index (κ3) is 5.78. The van der Waals surface area contributed by atoms with Gasteiger partial charge in [-0.2, -0.15) is 13.2 Å². The van der Waals surface area contributed by atoms with E-state index in [-0.39, 0.29) is 17.7 Å². The van der Waals surface area contributed by atoms with Crippen molar-refractivity contribution in [2.75, 3.05) is 24.2 Å². The summed E-state index contributed by atoms with van der Waals surface area (Å²) in [6, 6.07) is 13.9. The van der Waals surface area contributed by atoms with Gasteiger partial charge in [-0.3, -0.25) is 9.59 Å². The minimum absolute atomic E-state index is 0.0409. The average Bonchev–Trinajstić information content (AvgIpc) is 2.72. The number of likely N-dealkylation sites (tertiary alicyclic amines) is 1. The monoisotopic (exact) mass is 436 g/mol. The summed E-state index contributed by atoms with van der Waals surface area (Å²) < 4.78 is 37.6. The summed E-state index contributed by atoms with van der Waals surface area (Å²) in [6.45, 7) is 2.83. The first-order valence-corrected chi connectivity index (χ1v) is 10.7. The van der Waals surface area contributed by atoms with Gasteiger partial charge in [-0.15, -0.1) is 11.8 Å². The number of thioether (sulfide) groups is 1. The summed E-state index contributed by atoms with van der Waals surface area (Å²) >= 11 is 0.653. The van der Waals surface area contributed by atoms with Crippen LogP contribution in [0.15, 0.2) is 53.4 Å². The number of amides is 2. The molecule has 1 aliphatic rings. The molecule has 0 aromatic heterocycles. The lowest BCUT2D eigenvalue weighted by Gasteiger charge is -2.31. The van der Waals surface area contributed by atoms with Gasteiger partial charge in [0.05, 0.1) is 11.4 Å². The van der Waals surface area contributed by atoms with Crippen LogP contribution in [0.5, 0.6) is 0 Å². The van der Waals surface area contributed by atoms with E-state index in [1.54, 1.807) is 35.2 Å². The fourth-order valence-electron chi connectivity index (χ4n) is 3.42. The number of carbonyl (C=O) groups is 2. The number of nitrogens with zero attached hydrogens (tertiary/aromatic N) is 1. The topological polar surface area (TPSA) is 49.4 Å². The van der Waals surface area contributed by atoms with Crippen LogP contribution in [0.2, 0.25) is 0 Å². The van der Waals surface area contributed by atoms with Gasteiger partial charge in [0.1, 0.15) is 0 Å². The van der Waals surface area contributed by atoms with Crippen molar-refractivity contribution < 1.29 is 22.8 Å². The van der Waals surface area contributed by atoms with Crippen molar-refractivity contribution in [1.29, 1.82) is 0 Å². The average molecular weight is 436 g/mol. The number of benzene rings is 2. The van der Waals surface area contributed by atoms with E-state index < -0.39 is 11.9 Å². The lowest BCUT2D eigenvalue weighted by Crippen LogP contribution is -2.41. The summed E-state index contributed by atoms with van der Waals surface area (Å²) in [5, 5.41) is 2.77. The van der Waals surface area contributed by atoms with Crippen LogP contribution in [0.25, 0.3) is 0 Å². The van der Waals surface area contributed by atoms with Crippen LogP contribution >= 0.6 is 11.8 Å². The molecule has 0 radical (unpaired) electrons. The quantitative estimate of drug-likeness (QED) is 0.661. The molecule has 0 spiro atoms. The van der Waals surface area contributed by atoms with Crippen LogP contribution in [0.3, 0.4) is 0 Å². The summed E-state index contributed by atoms with van der Waals surface area (Å²) in [4.78, 5) is 27.5. The Labute approximate surface area is 177 Å². The SMILES string of the molecule is Cc1ccccc1C(=O)N1CCC(C(=O)Nc2ccccc2SCC(F)(F)F)CC1. The molecular weight excluding hydrogens is 413 g/mol. The number of para-hydroxylation sites is 1. The summed E-state index contributed by atoms with van der Waals surface area (Å²) in [5.41, 5.74) is 1.96. The van der Waals surface area contributed by atoms with E-state index in [4.69, 9.17) is 0 Å². The first-order chi connectivity index (χ1) is 14.2. The molecule has 1 fully saturated rings. The number of hydrogen-bond donors (Lipinski definition) is 1. The number of halogens is 3. The van der Waals surface area contributed by atoms with Crippen molar-refractivity contribution in [3.63, 3.8) is 0 Å². The number of nitrogens with one attached hydrogen (secondary N) is 1. The molecule has 1 N–H and O–H groups in total. The number of hydrogen-bond acceptors (Lipinski definition) is 3. The zero-order chi connectivity index (χ0) is 21.7. The van der Waals surface area contributed by atoms with Gasteiger partial charge >= 0.3 is 6.18 Å². The Balaban J connectivity index is 1.57. The van der Waals surface area contributed by atoms with E-state index in [1.165, 1.54) is 0 Å². The predicted octanol–water partition coefficient (Wildman–Crippen LogP) is 5.14. The number of rotatable bonds is 5. The highest BCUT2D eigenvalue weighted by Gasteiger charge is 2.30. The minimum Gasteiger partial charge on any atom is -0.339 e. The molecule has 0 atom stereocenters. The second kappa shape index (κ2) is 9.55. The molecule has 2 aromatic rings. The zero-order valence-electron chi connectivity index (χ0n) is 16.5. The van der Waals surface area contributed by atoms with Crippen molar-refractivity contribution in [2.24, 2.45) is 5.92 Å². The maximum absolute atomic E-state index is 12.7. The van der Waals surface area contributed by atoms with E-state index in [0.29, 0.717) is 53.8 Å².